The third kappa shape index (κ3) is 2.46. The number of carbonyl (C=O) groups excluding carboxylic acids is 1. The van der Waals surface area contributed by atoms with Gasteiger partial charge in [-0.1, -0.05) is 18.2 Å². The van der Waals surface area contributed by atoms with E-state index in [2.05, 4.69) is 5.32 Å². The van der Waals surface area contributed by atoms with Crippen LogP contribution >= 0.6 is 11.8 Å². The van der Waals surface area contributed by atoms with Crippen LogP contribution in [-0.2, 0) is 0 Å². The molecule has 0 fully saturated rings. The Morgan fingerprint density at radius 1 is 1.08 bits per heavy atom. The number of rotatable bonds is 2. The Morgan fingerprint density at radius 3 is 2.48 bits per heavy atom. The van der Waals surface area contributed by atoms with Crippen LogP contribution in [0.15, 0.2) is 50.5 Å². The standard InChI is InChI=1S/C20H17NO3S/c1-10-8-11(2)15-14(9-10)24-19-16(18(15)22)17(21-20(19)23)12-4-6-13(25-3)7-5-12/h4-9,17H,1-3H3,(H,21,23). The van der Waals surface area contributed by atoms with Crippen LogP contribution in [0, 0.1) is 13.8 Å². The zero-order valence-electron chi connectivity index (χ0n) is 14.2. The van der Waals surface area contributed by atoms with Gasteiger partial charge >= 0.3 is 0 Å². The van der Waals surface area contributed by atoms with E-state index in [0.717, 1.165) is 21.6 Å². The van der Waals surface area contributed by atoms with Gasteiger partial charge in [0.15, 0.2) is 5.43 Å². The first kappa shape index (κ1) is 16.0. The van der Waals surface area contributed by atoms with Crippen LogP contribution in [0.4, 0.5) is 0 Å². The molecule has 126 valence electrons. The quantitative estimate of drug-likeness (QED) is 0.710. The average Bonchev–Trinajstić information content (AvgIpc) is 2.91. The molecule has 1 atom stereocenters. The fourth-order valence-electron chi connectivity index (χ4n) is 3.45. The maximum Gasteiger partial charge on any atom is 0.288 e. The Kier molecular flexibility index (Phi) is 3.69. The van der Waals surface area contributed by atoms with E-state index in [1.807, 2.05) is 50.4 Å². The predicted octanol–water partition coefficient (Wildman–Crippen LogP) is 3.96. The second kappa shape index (κ2) is 5.77. The van der Waals surface area contributed by atoms with Gasteiger partial charge in [-0.2, -0.15) is 0 Å². The molecule has 1 aliphatic heterocycles. The number of nitrogens with one attached hydrogen (secondary N) is 1. The monoisotopic (exact) mass is 351 g/mol. The minimum atomic E-state index is -0.472. The Balaban J connectivity index is 1.96. The molecule has 0 saturated heterocycles. The molecule has 1 N–H and O–H groups in total. The van der Waals surface area contributed by atoms with Gasteiger partial charge in [-0.3, -0.25) is 9.59 Å². The summed E-state index contributed by atoms with van der Waals surface area (Å²) in [6.45, 7) is 3.83. The highest BCUT2D eigenvalue weighted by Gasteiger charge is 2.36. The third-order valence-electron chi connectivity index (χ3n) is 4.59. The van der Waals surface area contributed by atoms with Crippen LogP contribution in [0.5, 0.6) is 0 Å². The molecule has 2 heterocycles. The highest BCUT2D eigenvalue weighted by molar-refractivity contribution is 7.98. The van der Waals surface area contributed by atoms with Gasteiger partial charge < -0.3 is 9.73 Å². The van der Waals surface area contributed by atoms with Gasteiger partial charge in [-0.05, 0) is 55.0 Å². The van der Waals surface area contributed by atoms with E-state index in [1.54, 1.807) is 17.8 Å². The molecular weight excluding hydrogens is 334 g/mol. The molecule has 0 saturated carbocycles. The van der Waals surface area contributed by atoms with E-state index in [1.165, 1.54) is 0 Å². The molecule has 1 amide bonds. The van der Waals surface area contributed by atoms with E-state index in [9.17, 15) is 9.59 Å². The number of aryl methyl sites for hydroxylation is 2. The number of thioether (sulfide) groups is 1. The molecule has 5 heteroatoms. The lowest BCUT2D eigenvalue weighted by Gasteiger charge is -2.12. The first-order valence-electron chi connectivity index (χ1n) is 8.02. The van der Waals surface area contributed by atoms with Crippen LogP contribution in [0.25, 0.3) is 11.0 Å². The number of amides is 1. The molecule has 1 aromatic heterocycles. The molecule has 4 rings (SSSR count). The summed E-state index contributed by atoms with van der Waals surface area (Å²) in [7, 11) is 0. The second-order valence-corrected chi connectivity index (χ2v) is 7.19. The summed E-state index contributed by atoms with van der Waals surface area (Å²) in [6.07, 6.45) is 2.01. The minimum absolute atomic E-state index is 0.126. The van der Waals surface area contributed by atoms with Crippen molar-refractivity contribution in [3.8, 4) is 0 Å². The zero-order chi connectivity index (χ0) is 17.7. The number of hydrogen-bond acceptors (Lipinski definition) is 4. The van der Waals surface area contributed by atoms with Crippen molar-refractivity contribution in [1.29, 1.82) is 0 Å². The van der Waals surface area contributed by atoms with Crippen molar-refractivity contribution < 1.29 is 9.21 Å². The molecule has 25 heavy (non-hydrogen) atoms. The van der Waals surface area contributed by atoms with Crippen LogP contribution in [0.3, 0.4) is 0 Å². The fraction of sp³-hybridized carbons (Fsp3) is 0.200. The Bertz CT molecular complexity index is 1070. The summed E-state index contributed by atoms with van der Waals surface area (Å²) in [6, 6.07) is 11.1. The van der Waals surface area contributed by atoms with Gasteiger partial charge in [-0.15, -0.1) is 11.8 Å². The molecular formula is C20H17NO3S. The van der Waals surface area contributed by atoms with Crippen molar-refractivity contribution in [1.82, 2.24) is 5.32 Å². The van der Waals surface area contributed by atoms with Crippen molar-refractivity contribution in [3.63, 3.8) is 0 Å². The summed E-state index contributed by atoms with van der Waals surface area (Å²) < 4.78 is 5.84. The van der Waals surface area contributed by atoms with E-state index < -0.39 is 6.04 Å². The summed E-state index contributed by atoms with van der Waals surface area (Å²) >= 11 is 1.65. The lowest BCUT2D eigenvalue weighted by atomic mass is 9.97. The van der Waals surface area contributed by atoms with E-state index in [-0.39, 0.29) is 17.1 Å². The summed E-state index contributed by atoms with van der Waals surface area (Å²) in [5, 5.41) is 3.43. The van der Waals surface area contributed by atoms with Crippen LogP contribution in [-0.4, -0.2) is 12.2 Å². The van der Waals surface area contributed by atoms with Crippen molar-refractivity contribution in [2.24, 2.45) is 0 Å². The van der Waals surface area contributed by atoms with Crippen LogP contribution < -0.4 is 10.7 Å². The summed E-state index contributed by atoms with van der Waals surface area (Å²) in [4.78, 5) is 26.7. The molecule has 3 aromatic rings. The zero-order valence-corrected chi connectivity index (χ0v) is 15.0. The van der Waals surface area contributed by atoms with Gasteiger partial charge in [0, 0.05) is 4.90 Å². The van der Waals surface area contributed by atoms with E-state index in [0.29, 0.717) is 16.5 Å². The number of carbonyl (C=O) groups is 1. The van der Waals surface area contributed by atoms with Crippen molar-refractivity contribution in [2.45, 2.75) is 24.8 Å². The average molecular weight is 351 g/mol. The maximum absolute atomic E-state index is 13.1. The molecule has 1 unspecified atom stereocenters. The normalized spacial score (nSPS) is 16.1. The highest BCUT2D eigenvalue weighted by atomic mass is 32.2. The van der Waals surface area contributed by atoms with Crippen molar-refractivity contribution >= 4 is 28.6 Å². The molecule has 4 nitrogen and oxygen atoms in total. The summed E-state index contributed by atoms with van der Waals surface area (Å²) in [5.74, 6) is -0.214. The largest absolute Gasteiger partial charge is 0.450 e. The van der Waals surface area contributed by atoms with Gasteiger partial charge in [0.05, 0.1) is 17.0 Å². The van der Waals surface area contributed by atoms with E-state index >= 15 is 0 Å². The van der Waals surface area contributed by atoms with Crippen LogP contribution in [0.1, 0.15) is 38.9 Å². The SMILES string of the molecule is CSc1ccc(C2NC(=O)c3oc4cc(C)cc(C)c4c(=O)c32)cc1. The topological polar surface area (TPSA) is 59.3 Å². The second-order valence-electron chi connectivity index (χ2n) is 6.31. The van der Waals surface area contributed by atoms with E-state index in [4.69, 9.17) is 4.42 Å². The van der Waals surface area contributed by atoms with Gasteiger partial charge in [0.25, 0.3) is 5.91 Å². The fourth-order valence-corrected chi connectivity index (χ4v) is 3.86. The lowest BCUT2D eigenvalue weighted by Crippen LogP contribution is -2.22. The molecule has 1 aliphatic rings. The maximum atomic E-state index is 13.1. The number of benzene rings is 2. The van der Waals surface area contributed by atoms with Crippen molar-refractivity contribution in [2.75, 3.05) is 6.26 Å². The van der Waals surface area contributed by atoms with Gasteiger partial charge in [0.1, 0.15) is 5.58 Å². The van der Waals surface area contributed by atoms with Crippen LogP contribution in [0.2, 0.25) is 0 Å². The van der Waals surface area contributed by atoms with Crippen molar-refractivity contribution in [3.05, 3.63) is 74.6 Å². The molecule has 2 aromatic carbocycles. The summed E-state index contributed by atoms with van der Waals surface area (Å²) in [5.41, 5.74) is 3.47. The highest BCUT2D eigenvalue weighted by Crippen LogP contribution is 2.32. The first-order valence-corrected chi connectivity index (χ1v) is 9.25. The smallest absolute Gasteiger partial charge is 0.288 e. The number of hydrogen-bond donors (Lipinski definition) is 1. The Hall–Kier alpha value is -2.53. The number of fused-ring (bicyclic) bond motifs is 2. The third-order valence-corrected chi connectivity index (χ3v) is 5.34. The molecule has 0 bridgehead atoms. The predicted molar refractivity (Wildman–Crippen MR) is 99.5 cm³/mol. The van der Waals surface area contributed by atoms with Gasteiger partial charge in [0.2, 0.25) is 5.76 Å². The minimum Gasteiger partial charge on any atom is -0.450 e. The molecule has 0 radical (unpaired) electrons. The molecule has 0 aliphatic carbocycles. The molecule has 0 spiro atoms. The Morgan fingerprint density at radius 2 is 1.80 bits per heavy atom. The Labute approximate surface area is 149 Å². The first-order chi connectivity index (χ1) is 12.0. The van der Waals surface area contributed by atoms with Gasteiger partial charge in [-0.25, -0.2) is 0 Å². The lowest BCUT2D eigenvalue weighted by molar-refractivity contribution is 0.0938.